The average molecular weight is 183 g/mol. The molecule has 2 bridgehead atoms. The summed E-state index contributed by atoms with van der Waals surface area (Å²) in [5.74, 6) is 0.627. The monoisotopic (exact) mass is 183 g/mol. The fraction of sp³-hybridized carbons (Fsp3) is 0.900. The van der Waals surface area contributed by atoms with E-state index < -0.39 is 0 Å². The summed E-state index contributed by atoms with van der Waals surface area (Å²) in [7, 11) is 0. The predicted molar refractivity (Wildman–Crippen MR) is 49.0 cm³/mol. The molecule has 0 saturated heterocycles. The molecule has 0 radical (unpaired) electrons. The number of hydrogen-bond acceptors (Lipinski definition) is 3. The highest BCUT2D eigenvalue weighted by Crippen LogP contribution is 2.53. The van der Waals surface area contributed by atoms with E-state index in [1.807, 2.05) is 6.92 Å². The van der Waals surface area contributed by atoms with E-state index in [4.69, 9.17) is 10.5 Å². The fourth-order valence-corrected chi connectivity index (χ4v) is 2.92. The van der Waals surface area contributed by atoms with Crippen molar-refractivity contribution in [2.75, 3.05) is 6.61 Å². The topological polar surface area (TPSA) is 52.3 Å². The molecule has 13 heavy (non-hydrogen) atoms. The Hall–Kier alpha value is -0.570. The van der Waals surface area contributed by atoms with Crippen molar-refractivity contribution in [2.24, 2.45) is 17.1 Å². The minimum Gasteiger partial charge on any atom is -0.466 e. The Labute approximate surface area is 78.6 Å². The Balaban J connectivity index is 2.14. The lowest BCUT2D eigenvalue weighted by Gasteiger charge is -2.29. The fourth-order valence-electron chi connectivity index (χ4n) is 2.92. The number of hydrogen-bond donors (Lipinski definition) is 1. The van der Waals surface area contributed by atoms with Crippen molar-refractivity contribution in [2.45, 2.75) is 38.6 Å². The number of esters is 1. The van der Waals surface area contributed by atoms with E-state index in [1.165, 1.54) is 0 Å². The van der Waals surface area contributed by atoms with Gasteiger partial charge in [0.05, 0.1) is 12.0 Å². The number of fused-ring (bicyclic) bond motifs is 2. The molecule has 3 nitrogen and oxygen atoms in total. The summed E-state index contributed by atoms with van der Waals surface area (Å²) in [4.78, 5) is 11.7. The first-order valence-corrected chi connectivity index (χ1v) is 5.12. The number of ether oxygens (including phenoxy) is 1. The van der Waals surface area contributed by atoms with Crippen LogP contribution in [0, 0.1) is 11.3 Å². The molecule has 0 aromatic carbocycles. The van der Waals surface area contributed by atoms with Crippen LogP contribution < -0.4 is 5.73 Å². The third-order valence-electron chi connectivity index (χ3n) is 3.63. The van der Waals surface area contributed by atoms with Crippen molar-refractivity contribution >= 4 is 5.97 Å². The number of carbonyl (C=O) groups excluding carboxylic acids is 1. The van der Waals surface area contributed by atoms with Crippen LogP contribution in [0.4, 0.5) is 0 Å². The third kappa shape index (κ3) is 1.17. The van der Waals surface area contributed by atoms with Gasteiger partial charge in [0.1, 0.15) is 0 Å². The van der Waals surface area contributed by atoms with Crippen LogP contribution in [0.15, 0.2) is 0 Å². The van der Waals surface area contributed by atoms with E-state index in [0.717, 1.165) is 25.7 Å². The van der Waals surface area contributed by atoms with E-state index in [9.17, 15) is 4.79 Å². The summed E-state index contributed by atoms with van der Waals surface area (Å²) in [6, 6.07) is 0.0466. The van der Waals surface area contributed by atoms with E-state index >= 15 is 0 Å². The van der Waals surface area contributed by atoms with Crippen molar-refractivity contribution < 1.29 is 9.53 Å². The lowest BCUT2D eigenvalue weighted by Crippen LogP contribution is -2.44. The molecule has 2 aliphatic rings. The Bertz CT molecular complexity index is 229. The molecule has 0 unspecified atom stereocenters. The molecule has 3 atom stereocenters. The van der Waals surface area contributed by atoms with Crippen LogP contribution >= 0.6 is 0 Å². The molecule has 2 saturated carbocycles. The van der Waals surface area contributed by atoms with Gasteiger partial charge in [-0.3, -0.25) is 4.79 Å². The van der Waals surface area contributed by atoms with Crippen LogP contribution in [0.1, 0.15) is 32.6 Å². The second-order valence-corrected chi connectivity index (χ2v) is 4.33. The van der Waals surface area contributed by atoms with Gasteiger partial charge < -0.3 is 10.5 Å². The van der Waals surface area contributed by atoms with Gasteiger partial charge in [0, 0.05) is 6.04 Å². The van der Waals surface area contributed by atoms with Gasteiger partial charge in [0.25, 0.3) is 0 Å². The number of carbonyl (C=O) groups is 1. The summed E-state index contributed by atoms with van der Waals surface area (Å²) in [6.07, 6.45) is 4.08. The summed E-state index contributed by atoms with van der Waals surface area (Å²) < 4.78 is 5.10. The molecule has 2 fully saturated rings. The van der Waals surface area contributed by atoms with Crippen molar-refractivity contribution in [1.82, 2.24) is 0 Å². The van der Waals surface area contributed by atoms with Crippen LogP contribution in [0.2, 0.25) is 0 Å². The van der Waals surface area contributed by atoms with Crippen LogP contribution in [-0.4, -0.2) is 18.6 Å². The standard InChI is InChI=1S/C10H17NO2/c1-2-13-9(12)10-4-3-7(6-10)5-8(10)11/h7-8H,2-6,11H2,1H3/t7-,8+,10+/m1/s1. The van der Waals surface area contributed by atoms with Gasteiger partial charge in [-0.25, -0.2) is 0 Å². The van der Waals surface area contributed by atoms with Gasteiger partial charge in [-0.15, -0.1) is 0 Å². The zero-order valence-corrected chi connectivity index (χ0v) is 8.08. The first-order chi connectivity index (χ1) is 6.19. The second-order valence-electron chi connectivity index (χ2n) is 4.33. The van der Waals surface area contributed by atoms with Gasteiger partial charge in [-0.05, 0) is 38.5 Å². The lowest BCUT2D eigenvalue weighted by atomic mass is 9.80. The second kappa shape index (κ2) is 2.98. The Morgan fingerprint density at radius 1 is 1.69 bits per heavy atom. The van der Waals surface area contributed by atoms with Crippen LogP contribution in [0.3, 0.4) is 0 Å². The molecular formula is C10H17NO2. The zero-order valence-electron chi connectivity index (χ0n) is 8.08. The van der Waals surface area contributed by atoms with Crippen LogP contribution in [-0.2, 0) is 9.53 Å². The largest absolute Gasteiger partial charge is 0.466 e. The zero-order chi connectivity index (χ0) is 9.47. The maximum Gasteiger partial charge on any atom is 0.313 e. The van der Waals surface area contributed by atoms with E-state index in [-0.39, 0.29) is 17.4 Å². The molecular weight excluding hydrogens is 166 g/mol. The summed E-state index contributed by atoms with van der Waals surface area (Å²) >= 11 is 0. The smallest absolute Gasteiger partial charge is 0.313 e. The molecule has 3 heteroatoms. The molecule has 0 amide bonds. The SMILES string of the molecule is CCOC(=O)[C@]12CC[C@H](C[C@@H]1N)C2. The van der Waals surface area contributed by atoms with Crippen molar-refractivity contribution in [3.05, 3.63) is 0 Å². The van der Waals surface area contributed by atoms with Gasteiger partial charge in [0.2, 0.25) is 0 Å². The Kier molecular flexibility index (Phi) is 2.06. The van der Waals surface area contributed by atoms with Gasteiger partial charge in [0.15, 0.2) is 0 Å². The van der Waals surface area contributed by atoms with Crippen molar-refractivity contribution in [1.29, 1.82) is 0 Å². The summed E-state index contributed by atoms with van der Waals surface area (Å²) in [5, 5.41) is 0. The van der Waals surface area contributed by atoms with Crippen LogP contribution in [0.25, 0.3) is 0 Å². The van der Waals surface area contributed by atoms with Gasteiger partial charge in [-0.2, -0.15) is 0 Å². The maximum absolute atomic E-state index is 11.7. The van der Waals surface area contributed by atoms with E-state index in [1.54, 1.807) is 0 Å². The first-order valence-electron chi connectivity index (χ1n) is 5.12. The molecule has 0 aromatic rings. The average Bonchev–Trinajstić information content (AvgIpc) is 2.62. The summed E-state index contributed by atoms with van der Waals surface area (Å²) in [6.45, 7) is 2.32. The molecule has 0 spiro atoms. The van der Waals surface area contributed by atoms with Crippen molar-refractivity contribution in [3.8, 4) is 0 Å². The highest BCUT2D eigenvalue weighted by atomic mass is 16.5. The highest BCUT2D eigenvalue weighted by molar-refractivity contribution is 5.79. The van der Waals surface area contributed by atoms with Gasteiger partial charge in [-0.1, -0.05) is 0 Å². The number of rotatable bonds is 2. The quantitative estimate of drug-likeness (QED) is 0.651. The van der Waals surface area contributed by atoms with Crippen LogP contribution in [0.5, 0.6) is 0 Å². The third-order valence-corrected chi connectivity index (χ3v) is 3.63. The minimum absolute atomic E-state index is 0.0466. The van der Waals surface area contributed by atoms with Crippen molar-refractivity contribution in [3.63, 3.8) is 0 Å². The summed E-state index contributed by atoms with van der Waals surface area (Å²) in [5.41, 5.74) is 5.68. The molecule has 0 aliphatic heterocycles. The molecule has 0 heterocycles. The van der Waals surface area contributed by atoms with E-state index in [0.29, 0.717) is 12.5 Å². The molecule has 2 rings (SSSR count). The Morgan fingerprint density at radius 2 is 2.46 bits per heavy atom. The maximum atomic E-state index is 11.7. The molecule has 74 valence electrons. The Morgan fingerprint density at radius 3 is 2.92 bits per heavy atom. The number of nitrogens with two attached hydrogens (primary N) is 1. The first kappa shape index (κ1) is 9.00. The van der Waals surface area contributed by atoms with E-state index in [2.05, 4.69) is 0 Å². The lowest BCUT2D eigenvalue weighted by molar-refractivity contribution is -0.155. The molecule has 0 aromatic heterocycles. The normalized spacial score (nSPS) is 42.3. The molecule has 2 N–H and O–H groups in total. The minimum atomic E-state index is -0.305. The predicted octanol–water partition coefficient (Wildman–Crippen LogP) is 1.07. The molecule has 2 aliphatic carbocycles. The van der Waals surface area contributed by atoms with Gasteiger partial charge >= 0.3 is 5.97 Å². The highest BCUT2D eigenvalue weighted by Gasteiger charge is 2.56.